The lowest BCUT2D eigenvalue weighted by atomic mass is 10.1. The van der Waals surface area contributed by atoms with Gasteiger partial charge in [-0.1, -0.05) is 31.2 Å². The van der Waals surface area contributed by atoms with Gasteiger partial charge in [-0.15, -0.1) is 0 Å². The molecule has 0 bridgehead atoms. The molecule has 0 aromatic heterocycles. The molecule has 0 aliphatic rings. The van der Waals surface area contributed by atoms with Gasteiger partial charge in [0.1, 0.15) is 12.4 Å². The normalized spacial score (nSPS) is 12.0. The van der Waals surface area contributed by atoms with E-state index in [4.69, 9.17) is 0 Å². The SMILES string of the molecule is CCc1cccc(NC(=O)C[NH+](C)Cc2ccc(F)cc2)c1. The quantitative estimate of drug-likeness (QED) is 0.841. The number of hydrogen-bond acceptors (Lipinski definition) is 1. The second kappa shape index (κ2) is 7.71. The second-order valence-electron chi connectivity index (χ2n) is 5.54. The molecule has 1 atom stereocenters. The van der Waals surface area contributed by atoms with Crippen molar-refractivity contribution >= 4 is 11.6 Å². The number of halogens is 1. The molecule has 2 aromatic rings. The van der Waals surface area contributed by atoms with Crippen molar-refractivity contribution in [3.63, 3.8) is 0 Å². The number of nitrogens with one attached hydrogen (secondary N) is 2. The van der Waals surface area contributed by atoms with Gasteiger partial charge in [0, 0.05) is 11.3 Å². The Bertz CT molecular complexity index is 625. The summed E-state index contributed by atoms with van der Waals surface area (Å²) in [6.07, 6.45) is 0.944. The molecule has 0 aliphatic carbocycles. The molecule has 1 unspecified atom stereocenters. The van der Waals surface area contributed by atoms with E-state index in [2.05, 4.69) is 12.2 Å². The van der Waals surface area contributed by atoms with Crippen molar-refractivity contribution in [3.8, 4) is 0 Å². The summed E-state index contributed by atoms with van der Waals surface area (Å²) in [7, 11) is 1.95. The highest BCUT2D eigenvalue weighted by molar-refractivity contribution is 5.91. The zero-order chi connectivity index (χ0) is 15.9. The lowest BCUT2D eigenvalue weighted by Gasteiger charge is -2.14. The Hall–Kier alpha value is -2.20. The molecule has 0 spiro atoms. The van der Waals surface area contributed by atoms with Crippen molar-refractivity contribution in [1.29, 1.82) is 0 Å². The van der Waals surface area contributed by atoms with E-state index in [1.54, 1.807) is 12.1 Å². The first-order valence-electron chi connectivity index (χ1n) is 7.51. The number of carbonyl (C=O) groups is 1. The zero-order valence-corrected chi connectivity index (χ0v) is 13.0. The number of aryl methyl sites for hydroxylation is 1. The van der Waals surface area contributed by atoms with E-state index in [0.29, 0.717) is 13.1 Å². The number of quaternary nitrogens is 1. The summed E-state index contributed by atoms with van der Waals surface area (Å²) in [5.41, 5.74) is 3.04. The first kappa shape index (κ1) is 16.2. The van der Waals surface area contributed by atoms with Gasteiger partial charge in [0.25, 0.3) is 5.91 Å². The highest BCUT2D eigenvalue weighted by Gasteiger charge is 2.11. The zero-order valence-electron chi connectivity index (χ0n) is 13.0. The molecule has 4 heteroatoms. The molecular weight excluding hydrogens is 279 g/mol. The Labute approximate surface area is 130 Å². The van der Waals surface area contributed by atoms with Crippen molar-refractivity contribution in [2.45, 2.75) is 19.9 Å². The Morgan fingerprint density at radius 2 is 1.86 bits per heavy atom. The third-order valence-corrected chi connectivity index (χ3v) is 3.50. The smallest absolute Gasteiger partial charge is 0.279 e. The Morgan fingerprint density at radius 1 is 1.14 bits per heavy atom. The van der Waals surface area contributed by atoms with Gasteiger partial charge in [0.2, 0.25) is 0 Å². The van der Waals surface area contributed by atoms with E-state index in [1.807, 2.05) is 31.3 Å². The fourth-order valence-electron chi connectivity index (χ4n) is 2.36. The lowest BCUT2D eigenvalue weighted by molar-refractivity contribution is -0.885. The van der Waals surface area contributed by atoms with Crippen LogP contribution in [0.3, 0.4) is 0 Å². The van der Waals surface area contributed by atoms with Crippen LogP contribution in [-0.2, 0) is 17.8 Å². The third-order valence-electron chi connectivity index (χ3n) is 3.50. The van der Waals surface area contributed by atoms with E-state index in [-0.39, 0.29) is 11.7 Å². The first-order valence-corrected chi connectivity index (χ1v) is 7.51. The van der Waals surface area contributed by atoms with E-state index >= 15 is 0 Å². The fourth-order valence-corrected chi connectivity index (χ4v) is 2.36. The minimum Gasteiger partial charge on any atom is -0.326 e. The predicted molar refractivity (Wildman–Crippen MR) is 86.3 cm³/mol. The number of rotatable bonds is 6. The number of anilines is 1. The average Bonchev–Trinajstić information content (AvgIpc) is 2.49. The van der Waals surface area contributed by atoms with Gasteiger partial charge in [-0.05, 0) is 36.2 Å². The maximum Gasteiger partial charge on any atom is 0.279 e. The molecule has 2 N–H and O–H groups in total. The summed E-state index contributed by atoms with van der Waals surface area (Å²) in [4.78, 5) is 13.1. The second-order valence-corrected chi connectivity index (χ2v) is 5.54. The minimum atomic E-state index is -0.241. The van der Waals surface area contributed by atoms with Gasteiger partial charge >= 0.3 is 0 Å². The molecule has 0 radical (unpaired) electrons. The van der Waals surface area contributed by atoms with Gasteiger partial charge in [-0.3, -0.25) is 4.79 Å². The summed E-state index contributed by atoms with van der Waals surface area (Å²) in [5, 5.41) is 2.92. The third kappa shape index (κ3) is 4.97. The van der Waals surface area contributed by atoms with Crippen LogP contribution < -0.4 is 10.2 Å². The van der Waals surface area contributed by atoms with E-state index in [9.17, 15) is 9.18 Å². The summed E-state index contributed by atoms with van der Waals surface area (Å²) in [5.74, 6) is -0.261. The van der Waals surface area contributed by atoms with Gasteiger partial charge < -0.3 is 10.2 Å². The molecule has 3 nitrogen and oxygen atoms in total. The monoisotopic (exact) mass is 301 g/mol. The van der Waals surface area contributed by atoms with Gasteiger partial charge in [-0.25, -0.2) is 4.39 Å². The van der Waals surface area contributed by atoms with Crippen LogP contribution in [0, 0.1) is 5.82 Å². The van der Waals surface area contributed by atoms with Crippen LogP contribution in [0.15, 0.2) is 48.5 Å². The summed E-state index contributed by atoms with van der Waals surface area (Å²) in [6, 6.07) is 14.3. The number of likely N-dealkylation sites (N-methyl/N-ethyl adjacent to an activating group) is 1. The maximum atomic E-state index is 12.9. The molecule has 2 aromatic carbocycles. The van der Waals surface area contributed by atoms with Gasteiger partial charge in [0.05, 0.1) is 7.05 Å². The van der Waals surface area contributed by atoms with E-state index < -0.39 is 0 Å². The molecule has 0 saturated heterocycles. The predicted octanol–water partition coefficient (Wildman–Crippen LogP) is 2.04. The molecule has 0 heterocycles. The molecule has 0 fully saturated rings. The Morgan fingerprint density at radius 3 is 2.55 bits per heavy atom. The summed E-state index contributed by atoms with van der Waals surface area (Å²) >= 11 is 0. The van der Waals surface area contributed by atoms with Crippen LogP contribution in [0.2, 0.25) is 0 Å². The largest absolute Gasteiger partial charge is 0.326 e. The molecule has 0 aliphatic heterocycles. The van der Waals surface area contributed by atoms with Crippen molar-refractivity contribution < 1.29 is 14.1 Å². The molecule has 0 saturated carbocycles. The average molecular weight is 301 g/mol. The van der Waals surface area contributed by atoms with Crippen molar-refractivity contribution in [2.75, 3.05) is 18.9 Å². The number of benzene rings is 2. The lowest BCUT2D eigenvalue weighted by Crippen LogP contribution is -3.08. The van der Waals surface area contributed by atoms with Crippen LogP contribution in [0.25, 0.3) is 0 Å². The minimum absolute atomic E-state index is 0.0205. The first-order chi connectivity index (χ1) is 10.6. The van der Waals surface area contributed by atoms with Crippen molar-refractivity contribution in [2.24, 2.45) is 0 Å². The maximum absolute atomic E-state index is 12.9. The number of hydrogen-bond donors (Lipinski definition) is 2. The van der Waals surface area contributed by atoms with Crippen LogP contribution in [0.4, 0.5) is 10.1 Å². The van der Waals surface area contributed by atoms with Crippen molar-refractivity contribution in [1.82, 2.24) is 0 Å². The van der Waals surface area contributed by atoms with Crippen LogP contribution in [0.5, 0.6) is 0 Å². The highest BCUT2D eigenvalue weighted by atomic mass is 19.1. The summed E-state index contributed by atoms with van der Waals surface area (Å²) in [6.45, 7) is 3.14. The number of carbonyl (C=O) groups excluding carboxylic acids is 1. The van der Waals surface area contributed by atoms with Crippen LogP contribution in [0.1, 0.15) is 18.1 Å². The van der Waals surface area contributed by atoms with E-state index in [0.717, 1.165) is 22.6 Å². The Kier molecular flexibility index (Phi) is 5.67. The molecule has 116 valence electrons. The Balaban J connectivity index is 1.86. The number of amides is 1. The van der Waals surface area contributed by atoms with Crippen molar-refractivity contribution in [3.05, 3.63) is 65.5 Å². The molecule has 22 heavy (non-hydrogen) atoms. The summed E-state index contributed by atoms with van der Waals surface area (Å²) < 4.78 is 12.9. The van der Waals surface area contributed by atoms with Gasteiger partial charge in [-0.2, -0.15) is 0 Å². The molecule has 2 rings (SSSR count). The molecule has 1 amide bonds. The topological polar surface area (TPSA) is 33.5 Å². The van der Waals surface area contributed by atoms with E-state index in [1.165, 1.54) is 17.7 Å². The van der Waals surface area contributed by atoms with Crippen LogP contribution in [-0.4, -0.2) is 19.5 Å². The fraction of sp³-hybridized carbons (Fsp3) is 0.278. The molecular formula is C18H22FN2O+. The highest BCUT2D eigenvalue weighted by Crippen LogP contribution is 2.10. The van der Waals surface area contributed by atoms with Gasteiger partial charge in [0.15, 0.2) is 6.54 Å². The standard InChI is InChI=1S/C18H21FN2O/c1-3-14-5-4-6-17(11-14)20-18(22)13-21(2)12-15-7-9-16(19)10-8-15/h4-11H,3,12-13H2,1-2H3,(H,20,22)/p+1. The van der Waals surface area contributed by atoms with Crippen LogP contribution >= 0.6 is 0 Å².